The van der Waals surface area contributed by atoms with Gasteiger partial charge in [-0.15, -0.1) is 0 Å². The zero-order chi connectivity index (χ0) is 4.99. The number of alkyl halides is 1. The summed E-state index contributed by atoms with van der Waals surface area (Å²) >= 11 is 0. The maximum Gasteiger partial charge on any atom is 0.112 e. The molecule has 0 aromatic rings. The molecule has 0 fully saturated rings. The summed E-state index contributed by atoms with van der Waals surface area (Å²) in [7, 11) is 0. The lowest BCUT2D eigenvalue weighted by molar-refractivity contribution is 0.333. The molecular formula is C4H10FN. The van der Waals surface area contributed by atoms with Gasteiger partial charge in [-0.2, -0.15) is 0 Å². The van der Waals surface area contributed by atoms with Gasteiger partial charge in [0.1, 0.15) is 6.17 Å². The molecule has 38 valence electrons. The molecule has 0 aromatic carbocycles. The molecule has 1 atom stereocenters. The zero-order valence-corrected chi connectivity index (χ0v) is 3.95. The maximum atomic E-state index is 11.7. The minimum Gasteiger partial charge on any atom is -0.328 e. The van der Waals surface area contributed by atoms with Gasteiger partial charge in [-0.3, -0.25) is 0 Å². The van der Waals surface area contributed by atoms with Crippen LogP contribution in [-0.2, 0) is 0 Å². The van der Waals surface area contributed by atoms with Crippen LogP contribution in [-0.4, -0.2) is 12.7 Å². The molecule has 2 N–H and O–H groups in total. The number of halogens is 1. The summed E-state index contributed by atoms with van der Waals surface area (Å²) < 4.78 is 11.7. The summed E-state index contributed by atoms with van der Waals surface area (Å²) in [6.07, 6.45) is -0.249. The van der Waals surface area contributed by atoms with Crippen LogP contribution in [0.4, 0.5) is 4.39 Å². The van der Waals surface area contributed by atoms with E-state index in [-0.39, 0.29) is 6.54 Å². The SMILES string of the molecule is CC[C@H](F)CN. The topological polar surface area (TPSA) is 26.0 Å². The standard InChI is InChI=1S/C4H10FN/c1-2-4(5)3-6/h4H,2-3,6H2,1H3/t4-/m0/s1. The average Bonchev–Trinajstić information content (AvgIpc) is 1.65. The molecule has 6 heavy (non-hydrogen) atoms. The molecule has 2 heteroatoms. The molecule has 0 aromatic heterocycles. The smallest absolute Gasteiger partial charge is 0.112 e. The fourth-order valence-corrected chi connectivity index (χ4v) is 0.167. The van der Waals surface area contributed by atoms with Crippen molar-refractivity contribution in [1.29, 1.82) is 0 Å². The van der Waals surface area contributed by atoms with Crippen LogP contribution in [0.25, 0.3) is 0 Å². The van der Waals surface area contributed by atoms with Gasteiger partial charge >= 0.3 is 0 Å². The van der Waals surface area contributed by atoms with Crippen molar-refractivity contribution in [2.45, 2.75) is 19.5 Å². The second-order valence-electron chi connectivity index (χ2n) is 1.24. The highest BCUT2D eigenvalue weighted by Crippen LogP contribution is 1.90. The first kappa shape index (κ1) is 5.89. The number of hydrogen-bond acceptors (Lipinski definition) is 1. The van der Waals surface area contributed by atoms with E-state index in [4.69, 9.17) is 5.73 Å². The molecule has 0 bridgehead atoms. The Labute approximate surface area is 37.3 Å². The van der Waals surface area contributed by atoms with Crippen LogP contribution in [0.3, 0.4) is 0 Å². The van der Waals surface area contributed by atoms with Gasteiger partial charge in [0.2, 0.25) is 0 Å². The van der Waals surface area contributed by atoms with Crippen molar-refractivity contribution in [1.82, 2.24) is 0 Å². The van der Waals surface area contributed by atoms with Crippen molar-refractivity contribution in [3.05, 3.63) is 0 Å². The first-order valence-electron chi connectivity index (χ1n) is 2.15. The maximum absolute atomic E-state index is 11.7. The third-order valence-electron chi connectivity index (χ3n) is 0.699. The highest BCUT2D eigenvalue weighted by molar-refractivity contribution is 4.49. The number of rotatable bonds is 2. The largest absolute Gasteiger partial charge is 0.328 e. The second kappa shape index (κ2) is 3.09. The number of nitrogens with two attached hydrogens (primary N) is 1. The van der Waals surface area contributed by atoms with Crippen molar-refractivity contribution in [3.8, 4) is 0 Å². The highest BCUT2D eigenvalue weighted by Gasteiger charge is 1.94. The molecule has 0 saturated heterocycles. The first-order chi connectivity index (χ1) is 2.81. The molecule has 0 amide bonds. The Bertz CT molecular complexity index is 26.7. The van der Waals surface area contributed by atoms with Gasteiger partial charge in [0.05, 0.1) is 0 Å². The Morgan fingerprint density at radius 3 is 2.33 bits per heavy atom. The van der Waals surface area contributed by atoms with Crippen molar-refractivity contribution >= 4 is 0 Å². The third-order valence-corrected chi connectivity index (χ3v) is 0.699. The monoisotopic (exact) mass is 91.1 g/mol. The van der Waals surface area contributed by atoms with Gasteiger partial charge in [0.25, 0.3) is 0 Å². The van der Waals surface area contributed by atoms with E-state index in [2.05, 4.69) is 0 Å². The molecule has 0 radical (unpaired) electrons. The molecule has 0 aliphatic rings. The summed E-state index contributed by atoms with van der Waals surface area (Å²) in [4.78, 5) is 0. The summed E-state index contributed by atoms with van der Waals surface area (Å²) in [6, 6.07) is 0. The predicted octanol–water partition coefficient (Wildman–Crippen LogP) is 0.693. The Morgan fingerprint density at radius 2 is 2.33 bits per heavy atom. The van der Waals surface area contributed by atoms with Crippen LogP contribution in [0.1, 0.15) is 13.3 Å². The third kappa shape index (κ3) is 2.15. The van der Waals surface area contributed by atoms with Gasteiger partial charge in [0, 0.05) is 6.54 Å². The van der Waals surface area contributed by atoms with Crippen LogP contribution in [0.2, 0.25) is 0 Å². The summed E-state index contributed by atoms with van der Waals surface area (Å²) in [5.74, 6) is 0. The van der Waals surface area contributed by atoms with Crippen LogP contribution in [0.5, 0.6) is 0 Å². The van der Waals surface area contributed by atoms with Crippen LogP contribution in [0.15, 0.2) is 0 Å². The highest BCUT2D eigenvalue weighted by atomic mass is 19.1. The van der Waals surface area contributed by atoms with Crippen molar-refractivity contribution < 1.29 is 4.39 Å². The van der Waals surface area contributed by atoms with Crippen molar-refractivity contribution in [3.63, 3.8) is 0 Å². The molecule has 0 saturated carbocycles. The van der Waals surface area contributed by atoms with Crippen LogP contribution < -0.4 is 5.73 Å². The summed E-state index contributed by atoms with van der Waals surface area (Å²) in [5, 5.41) is 0. The predicted molar refractivity (Wildman–Crippen MR) is 24.2 cm³/mol. The molecule has 0 aliphatic carbocycles. The first-order valence-corrected chi connectivity index (χ1v) is 2.15. The minimum absolute atomic E-state index is 0.163. The van der Waals surface area contributed by atoms with Crippen LogP contribution in [0, 0.1) is 0 Å². The van der Waals surface area contributed by atoms with E-state index >= 15 is 0 Å². The Kier molecular flexibility index (Phi) is 3.04. The van der Waals surface area contributed by atoms with Crippen molar-refractivity contribution in [2.24, 2.45) is 5.73 Å². The van der Waals surface area contributed by atoms with Gasteiger partial charge in [-0.1, -0.05) is 6.92 Å². The fraction of sp³-hybridized carbons (Fsp3) is 1.00. The lowest BCUT2D eigenvalue weighted by atomic mass is 10.3. The molecule has 0 unspecified atom stereocenters. The van der Waals surface area contributed by atoms with Gasteiger partial charge in [0.15, 0.2) is 0 Å². The van der Waals surface area contributed by atoms with E-state index < -0.39 is 6.17 Å². The average molecular weight is 91.1 g/mol. The number of hydrogen-bond donors (Lipinski definition) is 1. The van der Waals surface area contributed by atoms with Gasteiger partial charge in [-0.25, -0.2) is 4.39 Å². The molecule has 0 spiro atoms. The normalized spacial score (nSPS) is 14.5. The minimum atomic E-state index is -0.787. The van der Waals surface area contributed by atoms with Crippen LogP contribution >= 0.6 is 0 Å². The zero-order valence-electron chi connectivity index (χ0n) is 3.95. The molecule has 0 aliphatic heterocycles. The molecule has 0 rings (SSSR count). The Morgan fingerprint density at radius 1 is 1.83 bits per heavy atom. The van der Waals surface area contributed by atoms with E-state index in [0.717, 1.165) is 0 Å². The lowest BCUT2D eigenvalue weighted by Gasteiger charge is -1.94. The Balaban J connectivity index is 2.75. The van der Waals surface area contributed by atoms with Crippen molar-refractivity contribution in [2.75, 3.05) is 6.54 Å². The molecule has 0 heterocycles. The van der Waals surface area contributed by atoms with E-state index in [9.17, 15) is 4.39 Å². The quantitative estimate of drug-likeness (QED) is 0.531. The van der Waals surface area contributed by atoms with Gasteiger partial charge in [-0.05, 0) is 6.42 Å². The van der Waals surface area contributed by atoms with Gasteiger partial charge < -0.3 is 5.73 Å². The Hall–Kier alpha value is -0.110. The van der Waals surface area contributed by atoms with E-state index in [1.54, 1.807) is 6.92 Å². The van der Waals surface area contributed by atoms with E-state index in [1.807, 2.05) is 0 Å². The van der Waals surface area contributed by atoms with E-state index in [0.29, 0.717) is 6.42 Å². The summed E-state index contributed by atoms with van der Waals surface area (Å²) in [6.45, 7) is 1.94. The fourth-order valence-electron chi connectivity index (χ4n) is 0.167. The molecule has 1 nitrogen and oxygen atoms in total. The molecular weight excluding hydrogens is 81.0 g/mol. The lowest BCUT2D eigenvalue weighted by Crippen LogP contribution is -2.13. The van der Waals surface area contributed by atoms with E-state index in [1.165, 1.54) is 0 Å². The second-order valence-corrected chi connectivity index (χ2v) is 1.24. The summed E-state index contributed by atoms with van der Waals surface area (Å²) in [5.41, 5.74) is 4.91.